The summed E-state index contributed by atoms with van der Waals surface area (Å²) in [4.78, 5) is 12.3. The number of hydrogen-bond acceptors (Lipinski definition) is 5. The number of ether oxygens (including phenoxy) is 2. The molecule has 0 aliphatic carbocycles. The lowest BCUT2D eigenvalue weighted by Crippen LogP contribution is -2.19. The van der Waals surface area contributed by atoms with Crippen LogP contribution < -0.4 is 20.1 Å². The van der Waals surface area contributed by atoms with Gasteiger partial charge in [0.25, 0.3) is 0 Å². The molecule has 138 valence electrons. The molecule has 0 radical (unpaired) electrons. The summed E-state index contributed by atoms with van der Waals surface area (Å²) in [6, 6.07) is 15.3. The molecule has 0 spiro atoms. The Bertz CT molecular complexity index is 948. The molecule has 0 saturated heterocycles. The minimum atomic E-state index is -0.423. The van der Waals surface area contributed by atoms with Gasteiger partial charge in [0.05, 0.1) is 25.6 Å². The van der Waals surface area contributed by atoms with Crippen molar-refractivity contribution in [2.75, 3.05) is 24.9 Å². The standard InChI is InChI=1S/C19H17ClN4O3/c1-26-17-8-6-13(20)11-16(17)22-19(25)21-14-5-3-4-12(10-14)15-7-9-18(27-2)24-23-15/h3-11H,1-2H3,(H2,21,22,25). The third kappa shape index (κ3) is 4.65. The van der Waals surface area contributed by atoms with Crippen molar-refractivity contribution in [2.45, 2.75) is 0 Å². The molecule has 7 nitrogen and oxygen atoms in total. The van der Waals surface area contributed by atoms with Crippen LogP contribution in [0.3, 0.4) is 0 Å². The van der Waals surface area contributed by atoms with Crippen LogP contribution in [0.4, 0.5) is 16.2 Å². The van der Waals surface area contributed by atoms with Crippen LogP contribution in [0, 0.1) is 0 Å². The van der Waals surface area contributed by atoms with Gasteiger partial charge in [0.2, 0.25) is 5.88 Å². The van der Waals surface area contributed by atoms with Gasteiger partial charge in [-0.15, -0.1) is 10.2 Å². The first-order valence-corrected chi connectivity index (χ1v) is 8.36. The second-order valence-electron chi connectivity index (χ2n) is 5.47. The molecule has 3 rings (SSSR count). The van der Waals surface area contributed by atoms with Crippen LogP contribution in [0.5, 0.6) is 11.6 Å². The summed E-state index contributed by atoms with van der Waals surface area (Å²) in [7, 11) is 3.05. The Hall–Kier alpha value is -3.32. The average Bonchev–Trinajstić information content (AvgIpc) is 2.68. The number of carbonyl (C=O) groups excluding carboxylic acids is 1. The molecule has 8 heteroatoms. The first kappa shape index (κ1) is 18.5. The number of amides is 2. The third-order valence-corrected chi connectivity index (χ3v) is 3.91. The molecule has 0 unspecified atom stereocenters. The number of anilines is 2. The predicted octanol–water partition coefficient (Wildman–Crippen LogP) is 4.46. The summed E-state index contributed by atoms with van der Waals surface area (Å²) in [5, 5.41) is 14.0. The van der Waals surface area contributed by atoms with E-state index in [0.29, 0.717) is 33.7 Å². The first-order chi connectivity index (χ1) is 13.1. The lowest BCUT2D eigenvalue weighted by Gasteiger charge is -2.12. The zero-order chi connectivity index (χ0) is 19.2. The molecule has 2 aromatic carbocycles. The Morgan fingerprint density at radius 3 is 2.52 bits per heavy atom. The van der Waals surface area contributed by atoms with Gasteiger partial charge in [-0.05, 0) is 36.4 Å². The van der Waals surface area contributed by atoms with Gasteiger partial charge >= 0.3 is 6.03 Å². The van der Waals surface area contributed by atoms with Crippen LogP contribution in [-0.4, -0.2) is 30.4 Å². The van der Waals surface area contributed by atoms with E-state index in [-0.39, 0.29) is 0 Å². The number of rotatable bonds is 5. The molecule has 2 N–H and O–H groups in total. The summed E-state index contributed by atoms with van der Waals surface area (Å²) < 4.78 is 10.2. The van der Waals surface area contributed by atoms with Gasteiger partial charge in [0.15, 0.2) is 0 Å². The van der Waals surface area contributed by atoms with Gasteiger partial charge in [-0.1, -0.05) is 23.7 Å². The molecule has 2 amide bonds. The molecule has 3 aromatic rings. The van der Waals surface area contributed by atoms with E-state index in [1.807, 2.05) is 12.1 Å². The van der Waals surface area contributed by atoms with Crippen LogP contribution >= 0.6 is 11.6 Å². The number of benzene rings is 2. The van der Waals surface area contributed by atoms with Gasteiger partial charge in [-0.3, -0.25) is 0 Å². The molecule has 1 heterocycles. The number of halogens is 1. The molecule has 0 fully saturated rings. The summed E-state index contributed by atoms with van der Waals surface area (Å²) in [5.74, 6) is 0.944. The van der Waals surface area contributed by atoms with Gasteiger partial charge in [0.1, 0.15) is 5.75 Å². The fourth-order valence-corrected chi connectivity index (χ4v) is 2.57. The maximum absolute atomic E-state index is 12.3. The molecule has 0 aliphatic heterocycles. The van der Waals surface area contributed by atoms with E-state index in [2.05, 4.69) is 20.8 Å². The second-order valence-corrected chi connectivity index (χ2v) is 5.90. The smallest absolute Gasteiger partial charge is 0.323 e. The maximum atomic E-state index is 12.3. The van der Waals surface area contributed by atoms with Crippen molar-refractivity contribution in [3.05, 3.63) is 59.6 Å². The first-order valence-electron chi connectivity index (χ1n) is 7.99. The molecule has 0 atom stereocenters. The number of methoxy groups -OCH3 is 2. The number of carbonyl (C=O) groups is 1. The van der Waals surface area contributed by atoms with Gasteiger partial charge in [-0.25, -0.2) is 4.79 Å². The van der Waals surface area contributed by atoms with Gasteiger partial charge in [0, 0.05) is 22.3 Å². The second kappa shape index (κ2) is 8.37. The Morgan fingerprint density at radius 2 is 1.81 bits per heavy atom. The molecule has 0 bridgehead atoms. The molecule has 1 aromatic heterocycles. The van der Waals surface area contributed by atoms with Crippen LogP contribution in [-0.2, 0) is 0 Å². The monoisotopic (exact) mass is 384 g/mol. The third-order valence-electron chi connectivity index (χ3n) is 3.68. The largest absolute Gasteiger partial charge is 0.495 e. The van der Waals surface area contributed by atoms with Gasteiger partial charge < -0.3 is 20.1 Å². The van der Waals surface area contributed by atoms with E-state index in [4.69, 9.17) is 21.1 Å². The summed E-state index contributed by atoms with van der Waals surface area (Å²) in [6.07, 6.45) is 0. The highest BCUT2D eigenvalue weighted by Gasteiger charge is 2.09. The fourth-order valence-electron chi connectivity index (χ4n) is 2.40. The lowest BCUT2D eigenvalue weighted by molar-refractivity contribution is 0.262. The van der Waals surface area contributed by atoms with Crippen molar-refractivity contribution >= 4 is 29.0 Å². The van der Waals surface area contributed by atoms with E-state index in [1.165, 1.54) is 14.2 Å². The predicted molar refractivity (Wildman–Crippen MR) is 105 cm³/mol. The fraction of sp³-hybridized carbons (Fsp3) is 0.105. The van der Waals surface area contributed by atoms with E-state index in [9.17, 15) is 4.79 Å². The Balaban J connectivity index is 1.74. The zero-order valence-electron chi connectivity index (χ0n) is 14.7. The van der Waals surface area contributed by atoms with Gasteiger partial charge in [-0.2, -0.15) is 0 Å². The van der Waals surface area contributed by atoms with E-state index in [1.54, 1.807) is 42.5 Å². The van der Waals surface area contributed by atoms with Crippen LogP contribution in [0.15, 0.2) is 54.6 Å². The minimum Gasteiger partial charge on any atom is -0.495 e. The van der Waals surface area contributed by atoms with E-state index < -0.39 is 6.03 Å². The Labute approximate surface area is 161 Å². The van der Waals surface area contributed by atoms with Crippen LogP contribution in [0.2, 0.25) is 5.02 Å². The van der Waals surface area contributed by atoms with E-state index >= 15 is 0 Å². The number of urea groups is 1. The van der Waals surface area contributed by atoms with Crippen LogP contribution in [0.25, 0.3) is 11.3 Å². The molecular weight excluding hydrogens is 368 g/mol. The highest BCUT2D eigenvalue weighted by molar-refractivity contribution is 6.31. The normalized spacial score (nSPS) is 10.2. The SMILES string of the molecule is COc1ccc(-c2cccc(NC(=O)Nc3cc(Cl)ccc3OC)c2)nn1. The molecule has 0 saturated carbocycles. The minimum absolute atomic E-state index is 0.423. The highest BCUT2D eigenvalue weighted by Crippen LogP contribution is 2.28. The van der Waals surface area contributed by atoms with Crippen molar-refractivity contribution in [2.24, 2.45) is 0 Å². The Morgan fingerprint density at radius 1 is 0.963 bits per heavy atom. The highest BCUT2D eigenvalue weighted by atomic mass is 35.5. The maximum Gasteiger partial charge on any atom is 0.323 e. The molecular formula is C19H17ClN4O3. The number of hydrogen-bond donors (Lipinski definition) is 2. The van der Waals surface area contributed by atoms with Crippen molar-refractivity contribution in [3.63, 3.8) is 0 Å². The quantitative estimate of drug-likeness (QED) is 0.678. The van der Waals surface area contributed by atoms with E-state index in [0.717, 1.165) is 5.56 Å². The van der Waals surface area contributed by atoms with Crippen LogP contribution in [0.1, 0.15) is 0 Å². The number of nitrogens with one attached hydrogen (secondary N) is 2. The van der Waals surface area contributed by atoms with Crippen molar-refractivity contribution in [1.29, 1.82) is 0 Å². The zero-order valence-corrected chi connectivity index (χ0v) is 15.4. The Kier molecular flexibility index (Phi) is 5.73. The topological polar surface area (TPSA) is 85.4 Å². The average molecular weight is 385 g/mol. The molecule has 27 heavy (non-hydrogen) atoms. The summed E-state index contributed by atoms with van der Waals surface area (Å²) in [5.41, 5.74) is 2.54. The molecule has 0 aliphatic rings. The van der Waals surface area contributed by atoms with Crippen molar-refractivity contribution < 1.29 is 14.3 Å². The van der Waals surface area contributed by atoms with Crippen molar-refractivity contribution in [3.8, 4) is 22.9 Å². The van der Waals surface area contributed by atoms with Crippen molar-refractivity contribution in [1.82, 2.24) is 10.2 Å². The summed E-state index contributed by atoms with van der Waals surface area (Å²) in [6.45, 7) is 0. The number of nitrogens with zero attached hydrogens (tertiary/aromatic N) is 2. The lowest BCUT2D eigenvalue weighted by atomic mass is 10.1. The summed E-state index contributed by atoms with van der Waals surface area (Å²) >= 11 is 5.98. The number of aromatic nitrogens is 2.